The predicted octanol–water partition coefficient (Wildman–Crippen LogP) is 12.1. The number of carbonyl (C=O) groups is 3. The Morgan fingerprint density at radius 3 is 1.40 bits per heavy atom. The van der Waals surface area contributed by atoms with Crippen molar-refractivity contribution >= 4 is 25.7 Å². The average Bonchev–Trinajstić information content (AvgIpc) is 3.22. The first-order chi connectivity index (χ1) is 29.1. The fourth-order valence-electron chi connectivity index (χ4n) is 5.33. The van der Waals surface area contributed by atoms with E-state index in [0.29, 0.717) is 12.8 Å². The zero-order chi connectivity index (χ0) is 44.2. The molecule has 0 fully saturated rings. The lowest BCUT2D eigenvalue weighted by Crippen LogP contribution is -2.34. The Balaban J connectivity index is 4.48. The number of esters is 2. The van der Waals surface area contributed by atoms with Crippen molar-refractivity contribution in [1.29, 1.82) is 0 Å². The number of aliphatic carboxylic acids is 1. The van der Waals surface area contributed by atoms with Crippen LogP contribution in [0.3, 0.4) is 0 Å². The molecule has 0 radical (unpaired) electrons. The second-order valence-corrected chi connectivity index (χ2v) is 15.9. The third kappa shape index (κ3) is 41.1. The van der Waals surface area contributed by atoms with Crippen molar-refractivity contribution in [2.24, 2.45) is 5.73 Å². The molecule has 0 aromatic heterocycles. The number of hydrogen-bond donors (Lipinski definition) is 3. The smallest absolute Gasteiger partial charge is 0.472 e. The second kappa shape index (κ2) is 42.1. The van der Waals surface area contributed by atoms with Crippen molar-refractivity contribution in [1.82, 2.24) is 0 Å². The molecule has 0 heterocycles. The van der Waals surface area contributed by atoms with Gasteiger partial charge in [0.1, 0.15) is 12.6 Å². The molecular weight excluding hydrogens is 781 g/mol. The van der Waals surface area contributed by atoms with Crippen LogP contribution in [0.4, 0.5) is 0 Å². The highest BCUT2D eigenvalue weighted by Gasteiger charge is 2.28. The lowest BCUT2D eigenvalue weighted by molar-refractivity contribution is -0.161. The topological polar surface area (TPSA) is 172 Å². The van der Waals surface area contributed by atoms with Crippen molar-refractivity contribution in [3.63, 3.8) is 0 Å². The number of hydrogen-bond acceptors (Lipinski definition) is 9. The second-order valence-electron chi connectivity index (χ2n) is 14.4. The summed E-state index contributed by atoms with van der Waals surface area (Å²) < 4.78 is 32.7. The maximum atomic E-state index is 12.6. The molecule has 340 valence electrons. The van der Waals surface area contributed by atoms with Crippen LogP contribution in [0, 0.1) is 0 Å². The monoisotopic (exact) mass is 860 g/mol. The summed E-state index contributed by atoms with van der Waals surface area (Å²) in [5, 5.41) is 8.90. The minimum Gasteiger partial charge on any atom is -0.480 e. The molecule has 0 aromatic carbocycles. The predicted molar refractivity (Wildman–Crippen MR) is 244 cm³/mol. The molecule has 0 saturated heterocycles. The van der Waals surface area contributed by atoms with Crippen LogP contribution in [-0.2, 0) is 37.5 Å². The first-order valence-corrected chi connectivity index (χ1v) is 23.8. The molecule has 4 N–H and O–H groups in total. The Bertz CT molecular complexity index is 1380. The summed E-state index contributed by atoms with van der Waals surface area (Å²) in [6.07, 6.45) is 53.2. The lowest BCUT2D eigenvalue weighted by atomic mass is 10.1. The number of rotatable bonds is 40. The standard InChI is InChI=1S/C48H78NO10P/c1-3-5-7-9-11-13-15-17-19-21-22-24-25-27-29-31-33-35-37-39-46(50)56-41-44(42-57-60(54,55)58-43-45(49)48(52)53)59-47(51)40-38-36-34-32-30-28-26-23-20-18-16-14-12-10-8-6-4-2/h6,8,11-14,17-20,22,24,26-29,44-45H,3-5,7,9-10,15-16,21,23,25,30-43,49H2,1-2H3,(H,52,53)(H,54,55)/b8-6-,13-11-,14-12-,19-17-,20-18-,24-22-,28-26-,29-27-/t44-,45+/m1/s1. The summed E-state index contributed by atoms with van der Waals surface area (Å²) in [5.74, 6) is -2.46. The van der Waals surface area contributed by atoms with Gasteiger partial charge in [0, 0.05) is 12.8 Å². The number of ether oxygens (including phenoxy) is 2. The first-order valence-electron chi connectivity index (χ1n) is 22.3. The van der Waals surface area contributed by atoms with Gasteiger partial charge in [-0.05, 0) is 96.3 Å². The first kappa shape index (κ1) is 56.4. The van der Waals surface area contributed by atoms with Crippen LogP contribution in [0.15, 0.2) is 97.2 Å². The highest BCUT2D eigenvalue weighted by molar-refractivity contribution is 7.47. The molecule has 12 heteroatoms. The fraction of sp³-hybridized carbons (Fsp3) is 0.604. The van der Waals surface area contributed by atoms with E-state index in [1.807, 2.05) is 0 Å². The van der Waals surface area contributed by atoms with Crippen molar-refractivity contribution in [2.45, 2.75) is 167 Å². The van der Waals surface area contributed by atoms with Gasteiger partial charge < -0.3 is 25.2 Å². The molecule has 0 rings (SSSR count). The summed E-state index contributed by atoms with van der Waals surface area (Å²) in [7, 11) is -4.74. The molecular formula is C48H78NO10P. The van der Waals surface area contributed by atoms with Gasteiger partial charge in [-0.2, -0.15) is 0 Å². The van der Waals surface area contributed by atoms with Crippen LogP contribution in [0.25, 0.3) is 0 Å². The largest absolute Gasteiger partial charge is 0.480 e. The zero-order valence-corrected chi connectivity index (χ0v) is 37.6. The molecule has 60 heavy (non-hydrogen) atoms. The van der Waals surface area contributed by atoms with Gasteiger partial charge >= 0.3 is 25.7 Å². The van der Waals surface area contributed by atoms with Gasteiger partial charge in [-0.15, -0.1) is 0 Å². The number of carboxylic acids is 1. The number of carboxylic acid groups (broad SMARTS) is 1. The average molecular weight is 860 g/mol. The van der Waals surface area contributed by atoms with E-state index >= 15 is 0 Å². The highest BCUT2D eigenvalue weighted by atomic mass is 31.2. The van der Waals surface area contributed by atoms with Gasteiger partial charge in [0.15, 0.2) is 6.10 Å². The maximum Gasteiger partial charge on any atom is 0.472 e. The molecule has 0 aliphatic heterocycles. The lowest BCUT2D eigenvalue weighted by Gasteiger charge is -2.20. The Morgan fingerprint density at radius 2 is 0.933 bits per heavy atom. The van der Waals surface area contributed by atoms with Gasteiger partial charge in [0.2, 0.25) is 0 Å². The van der Waals surface area contributed by atoms with Gasteiger partial charge in [0.05, 0.1) is 13.2 Å². The summed E-state index contributed by atoms with van der Waals surface area (Å²) in [6.45, 7) is 2.58. The van der Waals surface area contributed by atoms with E-state index in [2.05, 4.69) is 116 Å². The molecule has 0 amide bonds. The van der Waals surface area contributed by atoms with Crippen LogP contribution in [0.5, 0.6) is 0 Å². The molecule has 0 aliphatic carbocycles. The Hall–Kier alpha value is -3.60. The molecule has 0 spiro atoms. The molecule has 0 aromatic rings. The number of carbonyl (C=O) groups excluding carboxylic acids is 2. The van der Waals surface area contributed by atoms with Gasteiger partial charge in [-0.25, -0.2) is 4.57 Å². The van der Waals surface area contributed by atoms with Crippen LogP contribution in [0.1, 0.15) is 155 Å². The fourth-order valence-corrected chi connectivity index (χ4v) is 6.11. The minimum atomic E-state index is -4.74. The van der Waals surface area contributed by atoms with Crippen LogP contribution >= 0.6 is 7.82 Å². The summed E-state index contributed by atoms with van der Waals surface area (Å²) in [5.41, 5.74) is 5.33. The third-order valence-electron chi connectivity index (χ3n) is 8.82. The molecule has 1 unspecified atom stereocenters. The van der Waals surface area contributed by atoms with Gasteiger partial charge in [0.25, 0.3) is 0 Å². The Labute approximate surface area is 362 Å². The van der Waals surface area contributed by atoms with E-state index in [4.69, 9.17) is 24.8 Å². The van der Waals surface area contributed by atoms with E-state index in [0.717, 1.165) is 89.9 Å². The normalized spacial score (nSPS) is 14.6. The number of phosphoric ester groups is 1. The summed E-state index contributed by atoms with van der Waals surface area (Å²) in [6, 6.07) is -1.54. The van der Waals surface area contributed by atoms with Crippen molar-refractivity contribution in [3.8, 4) is 0 Å². The maximum absolute atomic E-state index is 12.6. The van der Waals surface area contributed by atoms with Crippen molar-refractivity contribution in [3.05, 3.63) is 97.2 Å². The molecule has 0 bridgehead atoms. The molecule has 0 saturated carbocycles. The summed E-state index contributed by atoms with van der Waals surface area (Å²) in [4.78, 5) is 46.0. The van der Waals surface area contributed by atoms with E-state index in [9.17, 15) is 23.8 Å². The third-order valence-corrected chi connectivity index (χ3v) is 9.77. The van der Waals surface area contributed by atoms with Crippen LogP contribution in [0.2, 0.25) is 0 Å². The number of allylic oxidation sites excluding steroid dienone is 16. The SMILES string of the molecule is CC/C=C\C/C=C\C/C=C\C/C=C\CCCCCCC(=O)O[C@H](COC(=O)CCCCC/C=C\C/C=C\C/C=C\C/C=C\CCCCC)COP(=O)(O)OC[C@H](N)C(=O)O. The van der Waals surface area contributed by atoms with E-state index in [1.54, 1.807) is 0 Å². The minimum absolute atomic E-state index is 0.120. The van der Waals surface area contributed by atoms with Gasteiger partial charge in [-0.3, -0.25) is 23.4 Å². The Kier molecular flexibility index (Phi) is 39.6. The number of unbranched alkanes of at least 4 members (excludes halogenated alkanes) is 10. The van der Waals surface area contributed by atoms with E-state index < -0.39 is 51.1 Å². The quantitative estimate of drug-likeness (QED) is 0.0232. The summed E-state index contributed by atoms with van der Waals surface area (Å²) >= 11 is 0. The number of nitrogens with two attached hydrogens (primary N) is 1. The number of phosphoric acid groups is 1. The van der Waals surface area contributed by atoms with Crippen LogP contribution < -0.4 is 5.73 Å². The van der Waals surface area contributed by atoms with Crippen LogP contribution in [-0.4, -0.2) is 59.9 Å². The highest BCUT2D eigenvalue weighted by Crippen LogP contribution is 2.43. The van der Waals surface area contributed by atoms with E-state index in [-0.39, 0.29) is 19.4 Å². The Morgan fingerprint density at radius 1 is 0.533 bits per heavy atom. The van der Waals surface area contributed by atoms with E-state index in [1.165, 1.54) is 25.7 Å². The van der Waals surface area contributed by atoms with Crippen molar-refractivity contribution < 1.29 is 47.5 Å². The van der Waals surface area contributed by atoms with Crippen molar-refractivity contribution in [2.75, 3.05) is 19.8 Å². The zero-order valence-electron chi connectivity index (χ0n) is 36.8. The molecule has 3 atom stereocenters. The molecule has 11 nitrogen and oxygen atoms in total. The van der Waals surface area contributed by atoms with Gasteiger partial charge in [-0.1, -0.05) is 143 Å². The molecule has 0 aliphatic rings.